The molecule has 78 valence electrons. The van der Waals surface area contributed by atoms with Crippen molar-refractivity contribution in [2.24, 2.45) is 0 Å². The number of hydrogen-bond donors (Lipinski definition) is 2. The summed E-state index contributed by atoms with van der Waals surface area (Å²) in [7, 11) is 0. The van der Waals surface area contributed by atoms with Crippen LogP contribution in [0, 0.1) is 0 Å². The van der Waals surface area contributed by atoms with Crippen LogP contribution in [0.15, 0.2) is 12.3 Å². The summed E-state index contributed by atoms with van der Waals surface area (Å²) < 4.78 is 1.08. The van der Waals surface area contributed by atoms with E-state index < -0.39 is 0 Å². The molecule has 2 N–H and O–H groups in total. The number of nitrogens with one attached hydrogen (secondary N) is 2. The monoisotopic (exact) mass is 221 g/mol. The van der Waals surface area contributed by atoms with Crippen molar-refractivity contribution in [2.75, 3.05) is 18.4 Å². The summed E-state index contributed by atoms with van der Waals surface area (Å²) in [5.41, 5.74) is 0.732. The molecule has 1 atom stereocenters. The number of hydrogen-bond acceptors (Lipinski definition) is 6. The van der Waals surface area contributed by atoms with Gasteiger partial charge >= 0.3 is 0 Å². The molecule has 1 fully saturated rings. The number of fused-ring (bicyclic) bond motifs is 1. The molecule has 2 aromatic heterocycles. The van der Waals surface area contributed by atoms with E-state index in [2.05, 4.69) is 25.8 Å². The second-order valence-corrected chi connectivity index (χ2v) is 4.60. The summed E-state index contributed by atoms with van der Waals surface area (Å²) in [6.45, 7) is 2.10. The van der Waals surface area contributed by atoms with Crippen LogP contribution in [0.5, 0.6) is 0 Å². The van der Waals surface area contributed by atoms with Crippen LogP contribution in [0.4, 0.5) is 5.13 Å². The van der Waals surface area contributed by atoms with Gasteiger partial charge in [0.1, 0.15) is 0 Å². The van der Waals surface area contributed by atoms with E-state index in [9.17, 15) is 0 Å². The van der Waals surface area contributed by atoms with Gasteiger partial charge < -0.3 is 10.6 Å². The maximum Gasteiger partial charge on any atom is 0.194 e. The van der Waals surface area contributed by atoms with Crippen molar-refractivity contribution in [3.05, 3.63) is 12.3 Å². The maximum absolute atomic E-state index is 4.38. The lowest BCUT2D eigenvalue weighted by molar-refractivity contribution is 0.792. The molecule has 3 rings (SSSR count). The van der Waals surface area contributed by atoms with Gasteiger partial charge in [-0.15, -0.1) is 5.10 Å². The van der Waals surface area contributed by atoms with Gasteiger partial charge in [-0.05, 0) is 19.0 Å². The first kappa shape index (κ1) is 8.99. The van der Waals surface area contributed by atoms with E-state index in [1.54, 1.807) is 17.5 Å². The van der Waals surface area contributed by atoms with Crippen LogP contribution in [-0.4, -0.2) is 34.3 Å². The van der Waals surface area contributed by atoms with Gasteiger partial charge in [0, 0.05) is 12.6 Å². The standard InChI is InChI=1S/C9H11N5S/c1-3-10-5-6(1)12-9-13-8-7(15-9)2-4-11-14-8/h2,4,6,10H,1,3,5H2,(H,12,13,14). The van der Waals surface area contributed by atoms with Crippen molar-refractivity contribution < 1.29 is 0 Å². The molecule has 0 bridgehead atoms. The Hall–Kier alpha value is -1.27. The molecule has 0 amide bonds. The second-order valence-electron chi connectivity index (χ2n) is 3.57. The largest absolute Gasteiger partial charge is 0.357 e. The fraction of sp³-hybridized carbons (Fsp3) is 0.444. The zero-order chi connectivity index (χ0) is 10.1. The smallest absolute Gasteiger partial charge is 0.194 e. The summed E-state index contributed by atoms with van der Waals surface area (Å²) >= 11 is 1.63. The molecule has 1 aliphatic heterocycles. The van der Waals surface area contributed by atoms with Gasteiger partial charge in [0.15, 0.2) is 10.8 Å². The Bertz CT molecular complexity index is 429. The Balaban J connectivity index is 1.84. The van der Waals surface area contributed by atoms with Gasteiger partial charge in [-0.25, -0.2) is 0 Å². The molecular formula is C9H11N5S. The van der Waals surface area contributed by atoms with Gasteiger partial charge in [-0.1, -0.05) is 11.3 Å². The molecule has 0 radical (unpaired) electrons. The molecule has 2 aromatic rings. The van der Waals surface area contributed by atoms with Gasteiger partial charge in [0.05, 0.1) is 10.9 Å². The minimum Gasteiger partial charge on any atom is -0.357 e. The fourth-order valence-electron chi connectivity index (χ4n) is 1.71. The average molecular weight is 221 g/mol. The number of thiazole rings is 1. The highest BCUT2D eigenvalue weighted by Crippen LogP contribution is 2.24. The van der Waals surface area contributed by atoms with Crippen molar-refractivity contribution in [1.29, 1.82) is 0 Å². The third-order valence-electron chi connectivity index (χ3n) is 2.47. The van der Waals surface area contributed by atoms with Gasteiger partial charge in [-0.2, -0.15) is 10.1 Å². The minimum atomic E-state index is 0.499. The third kappa shape index (κ3) is 1.78. The van der Waals surface area contributed by atoms with Crippen LogP contribution in [0.1, 0.15) is 6.42 Å². The molecule has 0 aliphatic carbocycles. The fourth-order valence-corrected chi connectivity index (χ4v) is 2.58. The lowest BCUT2D eigenvalue weighted by Gasteiger charge is -2.08. The molecule has 6 heteroatoms. The minimum absolute atomic E-state index is 0.499. The van der Waals surface area contributed by atoms with Crippen LogP contribution < -0.4 is 10.6 Å². The summed E-state index contributed by atoms with van der Waals surface area (Å²) in [6.07, 6.45) is 2.85. The first-order valence-corrected chi connectivity index (χ1v) is 5.79. The van der Waals surface area contributed by atoms with Crippen LogP contribution in [0.3, 0.4) is 0 Å². The van der Waals surface area contributed by atoms with E-state index in [1.165, 1.54) is 0 Å². The van der Waals surface area contributed by atoms with Crippen LogP contribution in [-0.2, 0) is 0 Å². The van der Waals surface area contributed by atoms with Crippen molar-refractivity contribution in [3.63, 3.8) is 0 Å². The van der Waals surface area contributed by atoms with Crippen molar-refractivity contribution in [3.8, 4) is 0 Å². The number of rotatable bonds is 2. The van der Waals surface area contributed by atoms with E-state index in [0.29, 0.717) is 6.04 Å². The molecule has 1 saturated heterocycles. The Labute approximate surface area is 90.9 Å². The average Bonchev–Trinajstić information content (AvgIpc) is 2.86. The maximum atomic E-state index is 4.38. The zero-order valence-electron chi connectivity index (χ0n) is 8.10. The highest BCUT2D eigenvalue weighted by atomic mass is 32.1. The predicted octanol–water partition coefficient (Wildman–Crippen LogP) is 0.860. The summed E-state index contributed by atoms with van der Waals surface area (Å²) in [5.74, 6) is 0. The van der Waals surface area contributed by atoms with Crippen molar-refractivity contribution in [1.82, 2.24) is 20.5 Å². The number of nitrogens with zero attached hydrogens (tertiary/aromatic N) is 3. The molecular weight excluding hydrogens is 210 g/mol. The van der Waals surface area contributed by atoms with Gasteiger partial charge in [-0.3, -0.25) is 0 Å². The lowest BCUT2D eigenvalue weighted by atomic mass is 10.3. The normalized spacial score (nSPS) is 20.9. The topological polar surface area (TPSA) is 62.7 Å². The van der Waals surface area contributed by atoms with E-state index in [-0.39, 0.29) is 0 Å². The van der Waals surface area contributed by atoms with Crippen molar-refractivity contribution in [2.45, 2.75) is 12.5 Å². The molecule has 1 aliphatic rings. The Kier molecular flexibility index (Phi) is 2.22. The van der Waals surface area contributed by atoms with Crippen LogP contribution >= 0.6 is 11.3 Å². The van der Waals surface area contributed by atoms with E-state index >= 15 is 0 Å². The van der Waals surface area contributed by atoms with E-state index in [4.69, 9.17) is 0 Å². The molecule has 1 unspecified atom stereocenters. The quantitative estimate of drug-likeness (QED) is 0.787. The van der Waals surface area contributed by atoms with Gasteiger partial charge in [0.2, 0.25) is 0 Å². The molecule has 5 nitrogen and oxygen atoms in total. The van der Waals surface area contributed by atoms with Crippen LogP contribution in [0.2, 0.25) is 0 Å². The summed E-state index contributed by atoms with van der Waals surface area (Å²) in [6, 6.07) is 2.44. The number of aromatic nitrogens is 3. The lowest BCUT2D eigenvalue weighted by Crippen LogP contribution is -2.21. The highest BCUT2D eigenvalue weighted by Gasteiger charge is 2.15. The summed E-state index contributed by atoms with van der Waals surface area (Å²) in [4.78, 5) is 4.38. The first-order chi connectivity index (χ1) is 7.42. The molecule has 0 spiro atoms. The number of anilines is 1. The van der Waals surface area contributed by atoms with E-state index in [0.717, 1.165) is 35.0 Å². The molecule has 3 heterocycles. The highest BCUT2D eigenvalue weighted by molar-refractivity contribution is 7.22. The Morgan fingerprint density at radius 3 is 3.33 bits per heavy atom. The Morgan fingerprint density at radius 2 is 2.53 bits per heavy atom. The molecule has 0 saturated carbocycles. The van der Waals surface area contributed by atoms with Crippen molar-refractivity contribution >= 4 is 26.8 Å². The zero-order valence-corrected chi connectivity index (χ0v) is 8.92. The SMILES string of the molecule is c1cc2sc(NC3CCNC3)nc2nn1. The third-order valence-corrected chi connectivity index (χ3v) is 3.41. The second kappa shape index (κ2) is 3.71. The Morgan fingerprint density at radius 1 is 1.53 bits per heavy atom. The molecule has 15 heavy (non-hydrogen) atoms. The van der Waals surface area contributed by atoms with Gasteiger partial charge in [0.25, 0.3) is 0 Å². The van der Waals surface area contributed by atoms with Crippen LogP contribution in [0.25, 0.3) is 10.3 Å². The summed E-state index contributed by atoms with van der Waals surface area (Å²) in [5, 5.41) is 15.4. The van der Waals surface area contributed by atoms with E-state index in [1.807, 2.05) is 6.07 Å². The first-order valence-electron chi connectivity index (χ1n) is 4.97. The predicted molar refractivity (Wildman–Crippen MR) is 60.1 cm³/mol. The molecule has 0 aromatic carbocycles.